The highest BCUT2D eigenvalue weighted by molar-refractivity contribution is 6.39. The molecule has 0 spiro atoms. The first-order chi connectivity index (χ1) is 21.7. The van der Waals surface area contributed by atoms with Crippen LogP contribution in [0.2, 0.25) is 0 Å². The van der Waals surface area contributed by atoms with E-state index in [2.05, 4.69) is 141 Å². The maximum absolute atomic E-state index is 3.89. The zero-order valence-electron chi connectivity index (χ0n) is 24.7. The van der Waals surface area contributed by atoms with Crippen molar-refractivity contribution < 1.29 is 0 Å². The molecule has 0 unspecified atom stereocenters. The molecule has 0 atom stereocenters. The molecule has 0 amide bonds. The van der Waals surface area contributed by atoms with Gasteiger partial charge in [0.1, 0.15) is 0 Å². The van der Waals surface area contributed by atoms with Crippen LogP contribution in [0.25, 0.3) is 59.8 Å². The predicted octanol–water partition coefficient (Wildman–Crippen LogP) is 11.7. The minimum Gasteiger partial charge on any atom is -0.0991 e. The zero-order chi connectivity index (χ0) is 29.4. The third-order valence-electron chi connectivity index (χ3n) is 9.77. The first-order valence-electron chi connectivity index (χ1n) is 15.5. The summed E-state index contributed by atoms with van der Waals surface area (Å²) in [6, 6.07) is 43.1. The van der Waals surface area contributed by atoms with E-state index in [9.17, 15) is 0 Å². The van der Waals surface area contributed by atoms with Crippen molar-refractivity contribution in [1.82, 2.24) is 0 Å². The van der Waals surface area contributed by atoms with Gasteiger partial charge in [0, 0.05) is 0 Å². The van der Waals surface area contributed by atoms with Crippen LogP contribution in [0.4, 0.5) is 0 Å². The first kappa shape index (κ1) is 25.1. The molecule has 0 aliphatic heterocycles. The third-order valence-corrected chi connectivity index (χ3v) is 9.77. The molecule has 2 aliphatic carbocycles. The summed E-state index contributed by atoms with van der Waals surface area (Å²) in [7, 11) is 0. The van der Waals surface area contributed by atoms with Crippen LogP contribution in [0.5, 0.6) is 0 Å². The lowest BCUT2D eigenvalue weighted by atomic mass is 9.86. The van der Waals surface area contributed by atoms with Crippen molar-refractivity contribution in [3.05, 3.63) is 185 Å². The van der Waals surface area contributed by atoms with E-state index in [1.54, 1.807) is 0 Å². The fourth-order valence-corrected chi connectivity index (χ4v) is 7.95. The van der Waals surface area contributed by atoms with Crippen LogP contribution >= 0.6 is 0 Å². The van der Waals surface area contributed by atoms with E-state index in [-0.39, 0.29) is 0 Å². The topological polar surface area (TPSA) is 0 Å². The van der Waals surface area contributed by atoms with Crippen molar-refractivity contribution in [2.24, 2.45) is 0 Å². The molecular formula is C44H30. The molecule has 0 aromatic heterocycles. The predicted molar refractivity (Wildman–Crippen MR) is 190 cm³/mol. The van der Waals surface area contributed by atoms with Crippen molar-refractivity contribution in [2.45, 2.75) is 13.3 Å². The lowest BCUT2D eigenvalue weighted by Gasteiger charge is -2.17. The van der Waals surface area contributed by atoms with Gasteiger partial charge in [0.25, 0.3) is 0 Å². The van der Waals surface area contributed by atoms with Gasteiger partial charge < -0.3 is 0 Å². The second-order valence-corrected chi connectivity index (χ2v) is 12.1. The van der Waals surface area contributed by atoms with E-state index in [1.165, 1.54) is 98.8 Å². The summed E-state index contributed by atoms with van der Waals surface area (Å²) < 4.78 is 0. The van der Waals surface area contributed by atoms with E-state index in [1.807, 2.05) is 12.2 Å². The highest BCUT2D eigenvalue weighted by Crippen LogP contribution is 2.57. The fourth-order valence-electron chi connectivity index (χ4n) is 7.95. The molecule has 7 aromatic rings. The summed E-state index contributed by atoms with van der Waals surface area (Å²) >= 11 is 0. The lowest BCUT2D eigenvalue weighted by Crippen LogP contribution is -1.98. The molecule has 0 nitrogen and oxygen atoms in total. The maximum atomic E-state index is 3.89. The van der Waals surface area contributed by atoms with Crippen LogP contribution in [-0.2, 0) is 6.42 Å². The first-order valence-corrected chi connectivity index (χ1v) is 15.5. The Balaban J connectivity index is 1.51. The highest BCUT2D eigenvalue weighted by Gasteiger charge is 2.34. The second-order valence-electron chi connectivity index (χ2n) is 12.1. The number of allylic oxidation sites excluding steroid dienone is 8. The Kier molecular flexibility index (Phi) is 5.43. The Morgan fingerprint density at radius 2 is 1.20 bits per heavy atom. The molecule has 0 bridgehead atoms. The Morgan fingerprint density at radius 3 is 1.93 bits per heavy atom. The fraction of sp³-hybridized carbons (Fsp3) is 0.0455. The van der Waals surface area contributed by atoms with E-state index in [0.717, 1.165) is 6.42 Å². The van der Waals surface area contributed by atoms with Gasteiger partial charge in [-0.25, -0.2) is 0 Å². The van der Waals surface area contributed by atoms with Crippen LogP contribution in [0.3, 0.4) is 0 Å². The molecule has 9 rings (SSSR count). The zero-order valence-corrected chi connectivity index (χ0v) is 24.7. The smallest absolute Gasteiger partial charge is 0.00106 e. The average Bonchev–Trinajstić information content (AvgIpc) is 3.30. The summed E-state index contributed by atoms with van der Waals surface area (Å²) in [5.41, 5.74) is 13.4. The van der Waals surface area contributed by atoms with Crippen LogP contribution in [0, 0.1) is 0 Å². The van der Waals surface area contributed by atoms with E-state index < -0.39 is 0 Å². The molecule has 0 N–H and O–H groups in total. The summed E-state index contributed by atoms with van der Waals surface area (Å²) in [4.78, 5) is 0. The van der Waals surface area contributed by atoms with Crippen molar-refractivity contribution in [2.75, 3.05) is 0 Å². The van der Waals surface area contributed by atoms with Crippen molar-refractivity contribution in [1.29, 1.82) is 0 Å². The minimum absolute atomic E-state index is 0.877. The largest absolute Gasteiger partial charge is 0.0991 e. The van der Waals surface area contributed by atoms with Crippen molar-refractivity contribution >= 4 is 59.8 Å². The molecular weight excluding hydrogens is 528 g/mol. The van der Waals surface area contributed by atoms with Crippen LogP contribution in [0.1, 0.15) is 34.7 Å². The average molecular weight is 559 g/mol. The molecule has 0 heterocycles. The van der Waals surface area contributed by atoms with Crippen molar-refractivity contribution in [3.8, 4) is 0 Å². The normalized spacial score (nSPS) is 14.8. The van der Waals surface area contributed by atoms with Crippen LogP contribution in [0.15, 0.2) is 157 Å². The van der Waals surface area contributed by atoms with Gasteiger partial charge in [0.2, 0.25) is 0 Å². The minimum atomic E-state index is 0.877. The van der Waals surface area contributed by atoms with Gasteiger partial charge in [-0.1, -0.05) is 146 Å². The molecule has 0 saturated carbocycles. The summed E-state index contributed by atoms with van der Waals surface area (Å²) in [6.45, 7) is 6.16. The third kappa shape index (κ3) is 3.40. The van der Waals surface area contributed by atoms with E-state index in [4.69, 9.17) is 0 Å². The number of rotatable bonds is 4. The summed E-state index contributed by atoms with van der Waals surface area (Å²) in [5.74, 6) is 0. The van der Waals surface area contributed by atoms with Gasteiger partial charge >= 0.3 is 0 Å². The number of hydrogen-bond acceptors (Lipinski definition) is 0. The van der Waals surface area contributed by atoms with Gasteiger partial charge in [-0.2, -0.15) is 0 Å². The summed E-state index contributed by atoms with van der Waals surface area (Å²) in [6.07, 6.45) is 9.09. The van der Waals surface area contributed by atoms with E-state index >= 15 is 0 Å². The molecule has 0 radical (unpaired) electrons. The Bertz CT molecular complexity index is 2410. The molecule has 0 heteroatoms. The molecule has 2 aliphatic rings. The Morgan fingerprint density at radius 1 is 0.545 bits per heavy atom. The molecule has 0 fully saturated rings. The van der Waals surface area contributed by atoms with E-state index in [0.29, 0.717) is 0 Å². The van der Waals surface area contributed by atoms with Crippen molar-refractivity contribution in [3.63, 3.8) is 0 Å². The quantitative estimate of drug-likeness (QED) is 0.114. The lowest BCUT2D eigenvalue weighted by molar-refractivity contribution is 1.15. The highest BCUT2D eigenvalue weighted by atomic mass is 14.4. The summed E-state index contributed by atoms with van der Waals surface area (Å²) in [5, 5.41) is 10.8. The monoisotopic (exact) mass is 558 g/mol. The van der Waals surface area contributed by atoms with Crippen LogP contribution in [-0.4, -0.2) is 0 Å². The molecule has 206 valence electrons. The van der Waals surface area contributed by atoms with Crippen LogP contribution < -0.4 is 0 Å². The number of benzene rings is 7. The molecule has 44 heavy (non-hydrogen) atoms. The number of fused-ring (bicyclic) bond motifs is 6. The van der Waals surface area contributed by atoms with Gasteiger partial charge in [0.15, 0.2) is 0 Å². The molecule has 7 aromatic carbocycles. The van der Waals surface area contributed by atoms with Gasteiger partial charge in [0.05, 0.1) is 0 Å². The number of hydrogen-bond donors (Lipinski definition) is 0. The SMILES string of the molecule is C=C/C=C\C=C(/C)C1=C2C(=C(c3ccccc3)c3ccccc3C1)c1ccc3c4cccc5cccc(c6ccc2c1c63)c54. The van der Waals surface area contributed by atoms with Gasteiger partial charge in [-0.05, 0) is 112 Å². The second kappa shape index (κ2) is 9.53. The van der Waals surface area contributed by atoms with Gasteiger partial charge in [-0.3, -0.25) is 0 Å². The Hall–Kier alpha value is -5.46. The maximum Gasteiger partial charge on any atom is -0.00106 e. The Labute approximate surface area is 257 Å². The van der Waals surface area contributed by atoms with Gasteiger partial charge in [-0.15, -0.1) is 0 Å². The molecule has 0 saturated heterocycles. The standard InChI is InChI=1S/C44H30/c1-3-4-6-13-27(2)38-26-30-16-9-10-19-31(30)40(29-14-7-5-8-15-29)44-37-25-23-35-33-21-12-18-28-17-11-20-32(39(28)33)34-22-24-36(43(38)44)42(37)41(34)35/h3-25H,1,26H2,2H3/b6-4-,27-13+.